The maximum absolute atomic E-state index is 12.6. The van der Waals surface area contributed by atoms with E-state index in [1.54, 1.807) is 0 Å². The van der Waals surface area contributed by atoms with E-state index < -0.39 is 0 Å². The Kier molecular flexibility index (Phi) is 4.93. The van der Waals surface area contributed by atoms with E-state index >= 15 is 0 Å². The number of para-hydroxylation sites is 1. The summed E-state index contributed by atoms with van der Waals surface area (Å²) in [5.74, 6) is 1.19. The summed E-state index contributed by atoms with van der Waals surface area (Å²) in [4.78, 5) is 17.0. The van der Waals surface area contributed by atoms with Crippen LogP contribution in [-0.4, -0.2) is 60.7 Å². The molecule has 1 spiro atoms. The van der Waals surface area contributed by atoms with Gasteiger partial charge in [-0.1, -0.05) is 18.2 Å². The largest absolute Gasteiger partial charge is 0.486 e. The van der Waals surface area contributed by atoms with E-state index in [0.717, 1.165) is 64.0 Å². The van der Waals surface area contributed by atoms with Crippen molar-refractivity contribution in [3.05, 3.63) is 29.8 Å². The highest BCUT2D eigenvalue weighted by Crippen LogP contribution is 2.39. The van der Waals surface area contributed by atoms with Crippen molar-refractivity contribution in [2.45, 2.75) is 62.8 Å². The van der Waals surface area contributed by atoms with Gasteiger partial charge in [-0.05, 0) is 51.6 Å². The molecule has 0 aromatic heterocycles. The molecule has 0 unspecified atom stereocenters. The lowest BCUT2D eigenvalue weighted by molar-refractivity contribution is -0.143. The molecule has 4 rings (SSSR count). The van der Waals surface area contributed by atoms with Crippen molar-refractivity contribution in [3.63, 3.8) is 0 Å². The lowest BCUT2D eigenvalue weighted by Gasteiger charge is -2.43. The number of likely N-dealkylation sites (N-methyl/N-ethyl adjacent to an activating group) is 2. The molecular formula is C21H30N2O3. The van der Waals surface area contributed by atoms with E-state index in [2.05, 4.69) is 36.2 Å². The van der Waals surface area contributed by atoms with Crippen LogP contribution in [0.25, 0.3) is 0 Å². The fourth-order valence-electron chi connectivity index (χ4n) is 4.79. The number of ether oxygens (including phenoxy) is 2. The van der Waals surface area contributed by atoms with Gasteiger partial charge >= 0.3 is 0 Å². The Hall–Kier alpha value is -1.59. The Morgan fingerprint density at radius 1 is 1.23 bits per heavy atom. The molecule has 0 N–H and O–H groups in total. The molecular weight excluding hydrogens is 328 g/mol. The Bertz CT molecular complexity index is 648. The first kappa shape index (κ1) is 17.8. The monoisotopic (exact) mass is 358 g/mol. The first-order valence-electron chi connectivity index (χ1n) is 9.90. The van der Waals surface area contributed by atoms with Gasteiger partial charge in [0.2, 0.25) is 0 Å². The molecule has 0 radical (unpaired) electrons. The minimum absolute atomic E-state index is 0.133. The molecule has 1 aliphatic carbocycles. The molecule has 1 saturated carbocycles. The maximum atomic E-state index is 12.6. The average Bonchev–Trinajstić information content (AvgIpc) is 3.13. The molecule has 0 bridgehead atoms. The average molecular weight is 358 g/mol. The molecule has 5 heteroatoms. The van der Waals surface area contributed by atoms with Gasteiger partial charge in [0.15, 0.2) is 0 Å². The van der Waals surface area contributed by atoms with Crippen molar-refractivity contribution < 1.29 is 14.3 Å². The minimum atomic E-state index is -0.219. The first-order valence-corrected chi connectivity index (χ1v) is 9.90. The zero-order valence-corrected chi connectivity index (χ0v) is 15.9. The normalized spacial score (nSPS) is 31.9. The number of nitrogens with zero attached hydrogens (tertiary/aromatic N) is 2. The number of fused-ring (bicyclic) bond motifs is 1. The van der Waals surface area contributed by atoms with Gasteiger partial charge in [-0.2, -0.15) is 0 Å². The van der Waals surface area contributed by atoms with Crippen LogP contribution in [0.2, 0.25) is 0 Å². The van der Waals surface area contributed by atoms with Crippen LogP contribution in [-0.2, 0) is 16.1 Å². The summed E-state index contributed by atoms with van der Waals surface area (Å²) < 4.78 is 12.2. The van der Waals surface area contributed by atoms with Crippen molar-refractivity contribution >= 4 is 5.91 Å². The van der Waals surface area contributed by atoms with Crippen LogP contribution in [0.3, 0.4) is 0 Å². The number of hydrogen-bond acceptors (Lipinski definition) is 4. The van der Waals surface area contributed by atoms with Crippen LogP contribution in [0.15, 0.2) is 24.3 Å². The van der Waals surface area contributed by atoms with Crippen LogP contribution >= 0.6 is 0 Å². The van der Waals surface area contributed by atoms with E-state index in [-0.39, 0.29) is 17.6 Å². The number of rotatable bonds is 2. The summed E-state index contributed by atoms with van der Waals surface area (Å²) in [6.45, 7) is 2.59. The Balaban J connectivity index is 1.43. The fraction of sp³-hybridized carbons (Fsp3) is 0.667. The summed E-state index contributed by atoms with van der Waals surface area (Å²) in [6.07, 6.45) is 5.60. The topological polar surface area (TPSA) is 42.0 Å². The molecule has 26 heavy (non-hydrogen) atoms. The predicted octanol–water partition coefficient (Wildman–Crippen LogP) is 2.83. The van der Waals surface area contributed by atoms with E-state index in [1.165, 1.54) is 5.56 Å². The summed E-state index contributed by atoms with van der Waals surface area (Å²) in [5, 5.41) is 0. The van der Waals surface area contributed by atoms with Gasteiger partial charge < -0.3 is 14.4 Å². The van der Waals surface area contributed by atoms with Crippen molar-refractivity contribution in [1.29, 1.82) is 0 Å². The maximum Gasteiger partial charge on any atom is 0.251 e. The van der Waals surface area contributed by atoms with Gasteiger partial charge in [-0.15, -0.1) is 0 Å². The predicted molar refractivity (Wildman–Crippen MR) is 100 cm³/mol. The second kappa shape index (κ2) is 7.20. The van der Waals surface area contributed by atoms with Gasteiger partial charge in [-0.25, -0.2) is 0 Å². The molecule has 2 heterocycles. The zero-order chi connectivity index (χ0) is 18.1. The van der Waals surface area contributed by atoms with Crippen LogP contribution in [0, 0.1) is 0 Å². The van der Waals surface area contributed by atoms with Gasteiger partial charge in [0.25, 0.3) is 5.91 Å². The molecule has 2 fully saturated rings. The molecule has 1 atom stereocenters. The van der Waals surface area contributed by atoms with Crippen LogP contribution < -0.4 is 4.74 Å². The number of carbonyl (C=O) groups is 1. The Morgan fingerprint density at radius 2 is 2.00 bits per heavy atom. The van der Waals surface area contributed by atoms with E-state index in [4.69, 9.17) is 9.47 Å². The SMILES string of the molecule is CN1Cc2ccccc2OC2(CCC(N(C)C(=O)[C@@H]3CCCO3)CC2)C1. The zero-order valence-electron chi connectivity index (χ0n) is 15.9. The van der Waals surface area contributed by atoms with Crippen LogP contribution in [0.1, 0.15) is 44.1 Å². The molecule has 1 aromatic carbocycles. The van der Waals surface area contributed by atoms with E-state index in [9.17, 15) is 4.79 Å². The van der Waals surface area contributed by atoms with E-state index in [0.29, 0.717) is 6.04 Å². The highest BCUT2D eigenvalue weighted by Gasteiger charge is 2.42. The number of carbonyl (C=O) groups excluding carboxylic acids is 1. The molecule has 3 aliphatic rings. The molecule has 2 aliphatic heterocycles. The third-order valence-electron chi connectivity index (χ3n) is 6.26. The second-order valence-corrected chi connectivity index (χ2v) is 8.25. The highest BCUT2D eigenvalue weighted by atomic mass is 16.5. The lowest BCUT2D eigenvalue weighted by atomic mass is 9.81. The van der Waals surface area contributed by atoms with Crippen LogP contribution in [0.4, 0.5) is 0 Å². The van der Waals surface area contributed by atoms with Crippen LogP contribution in [0.5, 0.6) is 5.75 Å². The highest BCUT2D eigenvalue weighted by molar-refractivity contribution is 5.81. The first-order chi connectivity index (χ1) is 12.6. The molecule has 1 saturated heterocycles. The van der Waals surface area contributed by atoms with Crippen molar-refractivity contribution in [1.82, 2.24) is 9.80 Å². The molecule has 1 amide bonds. The fourth-order valence-corrected chi connectivity index (χ4v) is 4.79. The van der Waals surface area contributed by atoms with Gasteiger partial charge in [0, 0.05) is 38.3 Å². The molecule has 1 aromatic rings. The number of amides is 1. The van der Waals surface area contributed by atoms with Crippen molar-refractivity contribution in [3.8, 4) is 5.75 Å². The van der Waals surface area contributed by atoms with E-state index in [1.807, 2.05) is 11.9 Å². The third kappa shape index (κ3) is 3.47. The standard InChI is InChI=1S/C21H30N2O3/c1-22-14-16-6-3-4-7-18(16)26-21(15-22)11-9-17(10-12-21)23(2)20(24)19-8-5-13-25-19/h3-4,6-7,17,19H,5,8-15H2,1-2H3/t17?,19-,21?/m0/s1. The summed E-state index contributed by atoms with van der Waals surface area (Å²) in [7, 11) is 4.12. The Labute approximate surface area is 156 Å². The number of benzene rings is 1. The lowest BCUT2D eigenvalue weighted by Crippen LogP contribution is -2.52. The summed E-state index contributed by atoms with van der Waals surface area (Å²) >= 11 is 0. The van der Waals surface area contributed by atoms with Crippen molar-refractivity contribution in [2.75, 3.05) is 27.2 Å². The van der Waals surface area contributed by atoms with Gasteiger partial charge in [0.05, 0.1) is 0 Å². The molecule has 5 nitrogen and oxygen atoms in total. The smallest absolute Gasteiger partial charge is 0.251 e. The molecule has 142 valence electrons. The second-order valence-electron chi connectivity index (χ2n) is 8.25. The quantitative estimate of drug-likeness (QED) is 0.815. The van der Waals surface area contributed by atoms with Gasteiger partial charge in [0.1, 0.15) is 17.5 Å². The van der Waals surface area contributed by atoms with Crippen molar-refractivity contribution in [2.24, 2.45) is 0 Å². The number of hydrogen-bond donors (Lipinski definition) is 0. The summed E-state index contributed by atoms with van der Waals surface area (Å²) in [6, 6.07) is 8.68. The van der Waals surface area contributed by atoms with Gasteiger partial charge in [-0.3, -0.25) is 9.69 Å². The minimum Gasteiger partial charge on any atom is -0.486 e. The Morgan fingerprint density at radius 3 is 2.73 bits per heavy atom. The third-order valence-corrected chi connectivity index (χ3v) is 6.26. The summed E-state index contributed by atoms with van der Waals surface area (Å²) in [5.41, 5.74) is 1.13.